The van der Waals surface area contributed by atoms with E-state index in [1.807, 2.05) is 6.92 Å². The molecule has 0 radical (unpaired) electrons. The van der Waals surface area contributed by atoms with E-state index in [-0.39, 0.29) is 17.6 Å². The van der Waals surface area contributed by atoms with E-state index in [0.29, 0.717) is 61.7 Å². The van der Waals surface area contributed by atoms with Crippen LogP contribution in [-0.4, -0.2) is 54.4 Å². The largest absolute Gasteiger partial charge is 0.491 e. The molecule has 35 heavy (non-hydrogen) atoms. The van der Waals surface area contributed by atoms with Crippen LogP contribution in [0.25, 0.3) is 11.0 Å². The van der Waals surface area contributed by atoms with Gasteiger partial charge in [0.15, 0.2) is 0 Å². The highest BCUT2D eigenvalue weighted by molar-refractivity contribution is 7.90. The smallest absolute Gasteiger partial charge is 0.223 e. The molecule has 2 heterocycles. The minimum absolute atomic E-state index is 0.0426. The number of anilines is 2. The van der Waals surface area contributed by atoms with Crippen LogP contribution < -0.4 is 15.4 Å². The summed E-state index contributed by atoms with van der Waals surface area (Å²) in [6, 6.07) is 4.30. The van der Waals surface area contributed by atoms with Crippen molar-refractivity contribution in [3.8, 4) is 5.75 Å². The number of aromatic amines is 1. The van der Waals surface area contributed by atoms with Crippen molar-refractivity contribution in [2.75, 3.05) is 30.5 Å². The highest BCUT2D eigenvalue weighted by Gasteiger charge is 2.29. The number of halogens is 1. The molecule has 1 aliphatic rings. The predicted octanol–water partition coefficient (Wildman–Crippen LogP) is 3.29. The molecule has 4 rings (SSSR count). The van der Waals surface area contributed by atoms with Crippen LogP contribution in [0.4, 0.5) is 15.9 Å². The fourth-order valence-electron chi connectivity index (χ4n) is 4.32. The van der Waals surface area contributed by atoms with Gasteiger partial charge in [-0.25, -0.2) is 22.8 Å². The first-order chi connectivity index (χ1) is 16.7. The molecule has 3 N–H and O–H groups in total. The highest BCUT2D eigenvalue weighted by Crippen LogP contribution is 2.36. The minimum Gasteiger partial charge on any atom is -0.491 e. The maximum absolute atomic E-state index is 14.0. The Morgan fingerprint density at radius 2 is 2.14 bits per heavy atom. The van der Waals surface area contributed by atoms with Gasteiger partial charge in [-0.1, -0.05) is 6.92 Å². The monoisotopic (exact) mass is 503 g/mol. The van der Waals surface area contributed by atoms with Crippen LogP contribution in [0.5, 0.6) is 5.75 Å². The number of ether oxygens (including phenoxy) is 1. The lowest BCUT2D eigenvalue weighted by molar-refractivity contribution is -0.125. The van der Waals surface area contributed by atoms with Crippen molar-refractivity contribution in [1.29, 1.82) is 0 Å². The fourth-order valence-corrected chi connectivity index (χ4v) is 4.98. The van der Waals surface area contributed by atoms with Gasteiger partial charge in [0.05, 0.1) is 23.4 Å². The Bertz CT molecular complexity index is 1320. The molecule has 1 unspecified atom stereocenters. The van der Waals surface area contributed by atoms with Crippen molar-refractivity contribution in [1.82, 2.24) is 20.3 Å². The second-order valence-corrected chi connectivity index (χ2v) is 11.1. The number of sulfone groups is 1. The Balaban J connectivity index is 1.55. The number of aryl methyl sites for hydroxylation is 1. The van der Waals surface area contributed by atoms with Crippen LogP contribution in [0.3, 0.4) is 0 Å². The molecule has 0 aliphatic heterocycles. The molecule has 0 saturated heterocycles. The van der Waals surface area contributed by atoms with E-state index < -0.39 is 15.7 Å². The zero-order valence-corrected chi connectivity index (χ0v) is 20.7. The normalized spacial score (nSPS) is 15.6. The van der Waals surface area contributed by atoms with Gasteiger partial charge in [-0.05, 0) is 49.8 Å². The number of carbonyl (C=O) groups is 1. The van der Waals surface area contributed by atoms with Crippen LogP contribution in [0.1, 0.15) is 37.4 Å². The summed E-state index contributed by atoms with van der Waals surface area (Å²) in [4.78, 5) is 24.9. The van der Waals surface area contributed by atoms with Crippen molar-refractivity contribution in [2.24, 2.45) is 5.92 Å². The van der Waals surface area contributed by atoms with Crippen LogP contribution in [0, 0.1) is 11.7 Å². The van der Waals surface area contributed by atoms with Gasteiger partial charge < -0.3 is 20.4 Å². The van der Waals surface area contributed by atoms with Gasteiger partial charge in [0.2, 0.25) is 5.91 Å². The maximum atomic E-state index is 14.0. The Hall–Kier alpha value is -3.21. The van der Waals surface area contributed by atoms with Crippen LogP contribution >= 0.6 is 0 Å². The zero-order valence-electron chi connectivity index (χ0n) is 19.9. The molecule has 0 spiro atoms. The molecule has 2 aromatic heterocycles. The van der Waals surface area contributed by atoms with Gasteiger partial charge in [-0.3, -0.25) is 4.79 Å². The van der Waals surface area contributed by atoms with E-state index in [1.54, 1.807) is 6.07 Å². The molecule has 188 valence electrons. The van der Waals surface area contributed by atoms with Crippen LogP contribution in [-0.2, 0) is 27.5 Å². The number of aromatic nitrogens is 3. The average Bonchev–Trinajstić information content (AvgIpc) is 3.19. The molecular formula is C24H30FN5O4S. The third kappa shape index (κ3) is 6.08. The minimum atomic E-state index is -3.05. The number of hydrogen-bond acceptors (Lipinski definition) is 7. The van der Waals surface area contributed by atoms with Gasteiger partial charge in [-0.2, -0.15) is 0 Å². The molecule has 0 saturated carbocycles. The van der Waals surface area contributed by atoms with E-state index in [4.69, 9.17) is 4.74 Å². The zero-order chi connectivity index (χ0) is 25.0. The number of benzene rings is 1. The number of nitrogens with zero attached hydrogens (tertiary/aromatic N) is 2. The maximum Gasteiger partial charge on any atom is 0.223 e. The molecule has 1 amide bonds. The first-order valence-corrected chi connectivity index (χ1v) is 13.8. The third-order valence-corrected chi connectivity index (χ3v) is 7.02. The number of rotatable bonds is 10. The third-order valence-electron chi connectivity index (χ3n) is 5.99. The fraction of sp³-hybridized carbons (Fsp3) is 0.458. The lowest BCUT2D eigenvalue weighted by Crippen LogP contribution is -2.35. The van der Waals surface area contributed by atoms with Crippen LogP contribution in [0.15, 0.2) is 24.5 Å². The SMILES string of the molecule is CCCOc1ccc(F)cc1Nc1ncnc2[nH]c3c(c12)CC(C(=O)NCCCS(C)(=O)=O)CC3. The van der Waals surface area contributed by atoms with Gasteiger partial charge >= 0.3 is 0 Å². The molecule has 9 nitrogen and oxygen atoms in total. The number of H-pyrrole nitrogens is 1. The van der Waals surface area contributed by atoms with Gasteiger partial charge in [0.1, 0.15) is 39.2 Å². The second-order valence-electron chi connectivity index (χ2n) is 8.86. The van der Waals surface area contributed by atoms with E-state index in [0.717, 1.165) is 23.1 Å². The lowest BCUT2D eigenvalue weighted by Gasteiger charge is -2.22. The van der Waals surface area contributed by atoms with Crippen molar-refractivity contribution in [3.05, 3.63) is 41.6 Å². The van der Waals surface area contributed by atoms with Crippen molar-refractivity contribution >= 4 is 38.3 Å². The number of hydrogen-bond donors (Lipinski definition) is 3. The second kappa shape index (κ2) is 10.6. The molecule has 11 heteroatoms. The standard InChI is InChI=1S/C24H30FN5O4S/c1-3-10-34-20-8-6-16(25)13-19(20)30-23-21-17-12-15(24(31)26-9-4-11-35(2,32)33)5-7-18(17)29-22(21)27-14-28-23/h6,8,13-15H,3-5,7,9-12H2,1-2H3,(H,26,31)(H2,27,28,29,30). The Kier molecular flexibility index (Phi) is 7.54. The molecule has 1 aromatic carbocycles. The quantitative estimate of drug-likeness (QED) is 0.363. The summed E-state index contributed by atoms with van der Waals surface area (Å²) in [5.74, 6) is 0.339. The lowest BCUT2D eigenvalue weighted by atomic mass is 9.86. The molecule has 3 aromatic rings. The van der Waals surface area contributed by atoms with E-state index in [2.05, 4.69) is 25.6 Å². The van der Waals surface area contributed by atoms with E-state index >= 15 is 0 Å². The van der Waals surface area contributed by atoms with Gasteiger partial charge in [0.25, 0.3) is 0 Å². The summed E-state index contributed by atoms with van der Waals surface area (Å²) in [6.07, 6.45) is 5.67. The van der Waals surface area contributed by atoms with Crippen molar-refractivity contribution < 1.29 is 22.3 Å². The summed E-state index contributed by atoms with van der Waals surface area (Å²) in [5.41, 5.74) is 3.07. The van der Waals surface area contributed by atoms with E-state index in [1.165, 1.54) is 24.7 Å². The number of fused-ring (bicyclic) bond motifs is 3. The number of carbonyl (C=O) groups excluding carboxylic acids is 1. The van der Waals surface area contributed by atoms with Crippen molar-refractivity contribution in [3.63, 3.8) is 0 Å². The Labute approximate surface area is 203 Å². The summed E-state index contributed by atoms with van der Waals surface area (Å²) in [6.45, 7) is 2.81. The van der Waals surface area contributed by atoms with Gasteiger partial charge in [-0.15, -0.1) is 0 Å². The average molecular weight is 504 g/mol. The Morgan fingerprint density at radius 3 is 2.91 bits per heavy atom. The highest BCUT2D eigenvalue weighted by atomic mass is 32.2. The summed E-state index contributed by atoms with van der Waals surface area (Å²) >= 11 is 0. The topological polar surface area (TPSA) is 126 Å². The summed E-state index contributed by atoms with van der Waals surface area (Å²) < 4.78 is 42.4. The molecule has 0 fully saturated rings. The first kappa shape index (κ1) is 24.9. The molecule has 0 bridgehead atoms. The number of nitrogens with one attached hydrogen (secondary N) is 3. The molecule has 1 aliphatic carbocycles. The summed E-state index contributed by atoms with van der Waals surface area (Å²) in [7, 11) is -3.05. The molecule has 1 atom stereocenters. The Morgan fingerprint density at radius 1 is 1.31 bits per heavy atom. The van der Waals surface area contributed by atoms with Gasteiger partial charge in [0, 0.05) is 30.5 Å². The van der Waals surface area contributed by atoms with E-state index in [9.17, 15) is 17.6 Å². The number of amides is 1. The summed E-state index contributed by atoms with van der Waals surface area (Å²) in [5, 5.41) is 6.84. The van der Waals surface area contributed by atoms with Crippen LogP contribution in [0.2, 0.25) is 0 Å². The predicted molar refractivity (Wildman–Crippen MR) is 132 cm³/mol. The molecular weight excluding hydrogens is 473 g/mol. The first-order valence-electron chi connectivity index (χ1n) is 11.7. The van der Waals surface area contributed by atoms with Crippen molar-refractivity contribution in [2.45, 2.75) is 39.0 Å².